The average Bonchev–Trinajstić information content (AvgIpc) is 2.40. The third-order valence-electron chi connectivity index (χ3n) is 2.82. The molecule has 1 amide bonds. The third-order valence-corrected chi connectivity index (χ3v) is 4.24. The highest BCUT2D eigenvalue weighted by Gasteiger charge is 2.19. The van der Waals surface area contributed by atoms with Gasteiger partial charge in [0.2, 0.25) is 5.91 Å². The van der Waals surface area contributed by atoms with Gasteiger partial charge < -0.3 is 11.5 Å². The zero-order chi connectivity index (χ0) is 15.6. The first-order valence-corrected chi connectivity index (χ1v) is 7.43. The van der Waals surface area contributed by atoms with Crippen LogP contribution in [0.2, 0.25) is 0 Å². The fourth-order valence-corrected chi connectivity index (χ4v) is 2.92. The first-order valence-electron chi connectivity index (χ1n) is 5.95. The molecule has 0 radical (unpaired) electrons. The summed E-state index contributed by atoms with van der Waals surface area (Å²) in [6, 6.07) is 7.18. The average molecular weight is 306 g/mol. The molecule has 1 heterocycles. The SMILES string of the molecule is Cc1cccnc1NS(=O)(=O)c1ccc(C(N)=O)cc1N. The number of nitrogen functional groups attached to an aromatic ring is 1. The number of pyridine rings is 1. The van der Waals surface area contributed by atoms with Gasteiger partial charge in [0.1, 0.15) is 10.7 Å². The number of nitrogens with two attached hydrogens (primary N) is 2. The summed E-state index contributed by atoms with van der Waals surface area (Å²) in [6.07, 6.45) is 1.48. The van der Waals surface area contributed by atoms with Gasteiger partial charge in [-0.05, 0) is 36.8 Å². The van der Waals surface area contributed by atoms with Crippen molar-refractivity contribution in [1.29, 1.82) is 0 Å². The predicted molar refractivity (Wildman–Crippen MR) is 79.2 cm³/mol. The van der Waals surface area contributed by atoms with E-state index in [9.17, 15) is 13.2 Å². The van der Waals surface area contributed by atoms with E-state index < -0.39 is 15.9 Å². The Hall–Kier alpha value is -2.61. The van der Waals surface area contributed by atoms with Gasteiger partial charge in [-0.2, -0.15) is 0 Å². The number of primary amides is 1. The number of aryl methyl sites for hydroxylation is 1. The number of benzene rings is 1. The molecule has 0 aliphatic heterocycles. The molecular formula is C13H14N4O3S. The standard InChI is InChI=1S/C13H14N4O3S/c1-8-3-2-6-16-13(8)17-21(19,20)11-5-4-9(12(15)18)7-10(11)14/h2-7H,14H2,1H3,(H2,15,18)(H,16,17). The minimum absolute atomic E-state index is 0.0626. The second kappa shape index (κ2) is 5.41. The molecule has 5 N–H and O–H groups in total. The number of amides is 1. The number of hydrogen-bond acceptors (Lipinski definition) is 5. The van der Waals surface area contributed by atoms with Gasteiger partial charge in [0, 0.05) is 11.8 Å². The monoisotopic (exact) mass is 306 g/mol. The van der Waals surface area contributed by atoms with Crippen molar-refractivity contribution in [3.05, 3.63) is 47.7 Å². The molecule has 1 aromatic heterocycles. The topological polar surface area (TPSA) is 128 Å². The Balaban J connectivity index is 2.41. The summed E-state index contributed by atoms with van der Waals surface area (Å²) in [5.41, 5.74) is 11.6. The van der Waals surface area contributed by atoms with Crippen LogP contribution in [0.25, 0.3) is 0 Å². The lowest BCUT2D eigenvalue weighted by atomic mass is 10.2. The van der Waals surface area contributed by atoms with Crippen molar-refractivity contribution >= 4 is 27.4 Å². The lowest BCUT2D eigenvalue weighted by molar-refractivity contribution is 0.1000. The van der Waals surface area contributed by atoms with Crippen molar-refractivity contribution in [2.75, 3.05) is 10.5 Å². The molecule has 0 bridgehead atoms. The number of carbonyl (C=O) groups is 1. The van der Waals surface area contributed by atoms with Crippen molar-refractivity contribution < 1.29 is 13.2 Å². The second-order valence-corrected chi connectivity index (χ2v) is 6.04. The van der Waals surface area contributed by atoms with Gasteiger partial charge in [-0.3, -0.25) is 9.52 Å². The number of rotatable bonds is 4. The van der Waals surface area contributed by atoms with Gasteiger partial charge in [-0.25, -0.2) is 13.4 Å². The molecule has 2 rings (SSSR count). The zero-order valence-corrected chi connectivity index (χ0v) is 12.0. The zero-order valence-electron chi connectivity index (χ0n) is 11.2. The van der Waals surface area contributed by atoms with E-state index in [1.54, 1.807) is 19.1 Å². The molecule has 0 fully saturated rings. The smallest absolute Gasteiger partial charge is 0.265 e. The summed E-state index contributed by atoms with van der Waals surface area (Å²) in [6.45, 7) is 1.73. The van der Waals surface area contributed by atoms with Crippen LogP contribution in [-0.2, 0) is 10.0 Å². The van der Waals surface area contributed by atoms with Crippen LogP contribution >= 0.6 is 0 Å². The number of anilines is 2. The van der Waals surface area contributed by atoms with Crippen molar-refractivity contribution in [2.45, 2.75) is 11.8 Å². The molecule has 0 aliphatic rings. The van der Waals surface area contributed by atoms with Crippen molar-refractivity contribution in [2.24, 2.45) is 5.73 Å². The Morgan fingerprint density at radius 3 is 2.57 bits per heavy atom. The molecule has 0 saturated heterocycles. The highest BCUT2D eigenvalue weighted by Crippen LogP contribution is 2.23. The van der Waals surface area contributed by atoms with E-state index >= 15 is 0 Å². The summed E-state index contributed by atoms with van der Waals surface area (Å²) < 4.78 is 27.0. The van der Waals surface area contributed by atoms with Crippen LogP contribution in [0.3, 0.4) is 0 Å². The normalized spacial score (nSPS) is 11.1. The molecular weight excluding hydrogens is 292 g/mol. The minimum atomic E-state index is -3.90. The van der Waals surface area contributed by atoms with E-state index in [1.807, 2.05) is 0 Å². The van der Waals surface area contributed by atoms with Crippen LogP contribution in [0.15, 0.2) is 41.4 Å². The number of carbonyl (C=O) groups excluding carboxylic acids is 1. The molecule has 110 valence electrons. The summed E-state index contributed by atoms with van der Waals surface area (Å²) in [5, 5.41) is 0. The number of nitrogens with zero attached hydrogens (tertiary/aromatic N) is 1. The quantitative estimate of drug-likeness (QED) is 0.722. The Labute approximate surface area is 122 Å². The molecule has 21 heavy (non-hydrogen) atoms. The number of nitrogens with one attached hydrogen (secondary N) is 1. The van der Waals surface area contributed by atoms with Crippen LogP contribution < -0.4 is 16.2 Å². The Kier molecular flexibility index (Phi) is 3.81. The van der Waals surface area contributed by atoms with Crippen LogP contribution in [0.5, 0.6) is 0 Å². The minimum Gasteiger partial charge on any atom is -0.398 e. The molecule has 2 aromatic rings. The van der Waals surface area contributed by atoms with Crippen molar-refractivity contribution in [1.82, 2.24) is 4.98 Å². The maximum Gasteiger partial charge on any atom is 0.265 e. The van der Waals surface area contributed by atoms with Gasteiger partial charge in [0.25, 0.3) is 10.0 Å². The molecule has 0 saturated carbocycles. The van der Waals surface area contributed by atoms with Crippen LogP contribution in [-0.4, -0.2) is 19.3 Å². The lowest BCUT2D eigenvalue weighted by Gasteiger charge is -2.11. The number of aromatic nitrogens is 1. The predicted octanol–water partition coefficient (Wildman–Crippen LogP) is 0.872. The van der Waals surface area contributed by atoms with E-state index in [0.717, 1.165) is 0 Å². The Morgan fingerprint density at radius 2 is 2.00 bits per heavy atom. The van der Waals surface area contributed by atoms with E-state index in [-0.39, 0.29) is 22.0 Å². The molecule has 0 atom stereocenters. The molecule has 0 aliphatic carbocycles. The van der Waals surface area contributed by atoms with E-state index in [1.165, 1.54) is 24.4 Å². The number of hydrogen-bond donors (Lipinski definition) is 3. The highest BCUT2D eigenvalue weighted by molar-refractivity contribution is 7.92. The maximum atomic E-state index is 12.3. The molecule has 0 unspecified atom stereocenters. The van der Waals surface area contributed by atoms with Gasteiger partial charge >= 0.3 is 0 Å². The van der Waals surface area contributed by atoms with Gasteiger partial charge in [-0.1, -0.05) is 6.07 Å². The number of sulfonamides is 1. The van der Waals surface area contributed by atoms with Gasteiger partial charge in [0.05, 0.1) is 5.69 Å². The van der Waals surface area contributed by atoms with Crippen LogP contribution in [0.1, 0.15) is 15.9 Å². The maximum absolute atomic E-state index is 12.3. The molecule has 7 nitrogen and oxygen atoms in total. The second-order valence-electron chi connectivity index (χ2n) is 4.39. The van der Waals surface area contributed by atoms with Gasteiger partial charge in [0.15, 0.2) is 0 Å². The lowest BCUT2D eigenvalue weighted by Crippen LogP contribution is -2.17. The van der Waals surface area contributed by atoms with E-state index in [0.29, 0.717) is 5.56 Å². The largest absolute Gasteiger partial charge is 0.398 e. The molecule has 1 aromatic carbocycles. The van der Waals surface area contributed by atoms with E-state index in [2.05, 4.69) is 9.71 Å². The van der Waals surface area contributed by atoms with E-state index in [4.69, 9.17) is 11.5 Å². The summed E-state index contributed by atoms with van der Waals surface area (Å²) in [5.74, 6) is -0.463. The molecule has 8 heteroatoms. The summed E-state index contributed by atoms with van der Waals surface area (Å²) >= 11 is 0. The fraction of sp³-hybridized carbons (Fsp3) is 0.0769. The van der Waals surface area contributed by atoms with Crippen LogP contribution in [0.4, 0.5) is 11.5 Å². The summed E-state index contributed by atoms with van der Waals surface area (Å²) in [7, 11) is -3.90. The van der Waals surface area contributed by atoms with Crippen LogP contribution in [0, 0.1) is 6.92 Å². The van der Waals surface area contributed by atoms with Crippen molar-refractivity contribution in [3.63, 3.8) is 0 Å². The Bertz CT molecular complexity index is 803. The fourth-order valence-electron chi connectivity index (χ4n) is 1.72. The molecule has 0 spiro atoms. The first kappa shape index (κ1) is 14.8. The summed E-state index contributed by atoms with van der Waals surface area (Å²) in [4.78, 5) is 14.9. The third kappa shape index (κ3) is 3.11. The highest BCUT2D eigenvalue weighted by atomic mass is 32.2. The van der Waals surface area contributed by atoms with Gasteiger partial charge in [-0.15, -0.1) is 0 Å². The first-order chi connectivity index (χ1) is 9.81. The Morgan fingerprint density at radius 1 is 1.29 bits per heavy atom. The van der Waals surface area contributed by atoms with Crippen molar-refractivity contribution in [3.8, 4) is 0 Å².